The molecule has 54 heavy (non-hydrogen) atoms. The number of ketones is 2. The number of carbonyl (C=O) groups is 3. The van der Waals surface area contributed by atoms with Crippen molar-refractivity contribution in [2.24, 2.45) is 34.3 Å². The minimum Gasteiger partial charge on any atom is -0.454 e. The highest BCUT2D eigenvalue weighted by molar-refractivity contribution is 6.38. The number of pyridine rings is 1. The second-order valence-electron chi connectivity index (χ2n) is 17.3. The second kappa shape index (κ2) is 12.8. The molecule has 2 aromatic rings. The van der Waals surface area contributed by atoms with E-state index in [1.165, 1.54) is 18.3 Å². The first kappa shape index (κ1) is 37.5. The maximum atomic E-state index is 17.6. The Morgan fingerprint density at radius 2 is 1.87 bits per heavy atom. The van der Waals surface area contributed by atoms with Gasteiger partial charge < -0.3 is 30.2 Å². The molecule has 4 saturated carbocycles. The molecule has 5 aliphatic carbocycles. The number of aromatic nitrogens is 1. The number of carbonyl (C=O) groups excluding carboxylic acids is 3. The summed E-state index contributed by atoms with van der Waals surface area (Å²) in [6.07, 6.45) is 9.00. The Kier molecular flexibility index (Phi) is 8.88. The minimum atomic E-state index is -2.14. The SMILES string of the molecule is C[C@@H]1C[C@@H]2[C@H]3CCC4=CC(=O)C=C[C@@]4(C)[C@]3(F)[C@H](O)C[C@@]2(C)[C@]1(O)C(=O)COC(=O)c1cn(C2CC2)c2c(Cl)c(N3CCCC[C@H](N)C3)c(F)cc2c1=O. The van der Waals surface area contributed by atoms with Gasteiger partial charge in [-0.05, 0) is 88.3 Å². The summed E-state index contributed by atoms with van der Waals surface area (Å²) in [7, 11) is 0. The van der Waals surface area contributed by atoms with E-state index in [2.05, 4.69) is 0 Å². The molecule has 1 aromatic heterocycles. The zero-order chi connectivity index (χ0) is 38.7. The molecule has 6 aliphatic rings. The monoisotopic (exact) mass is 767 g/mol. The fourth-order valence-corrected chi connectivity index (χ4v) is 11.8. The van der Waals surface area contributed by atoms with Gasteiger partial charge in [-0.25, -0.2) is 13.6 Å². The van der Waals surface area contributed by atoms with Gasteiger partial charge >= 0.3 is 5.97 Å². The number of aliphatic hydroxyl groups excluding tert-OH is 1. The van der Waals surface area contributed by atoms with Crippen molar-refractivity contribution in [1.82, 2.24) is 4.57 Å². The number of ether oxygens (including phenoxy) is 1. The van der Waals surface area contributed by atoms with E-state index in [1.54, 1.807) is 31.4 Å². The van der Waals surface area contributed by atoms with Gasteiger partial charge in [-0.15, -0.1) is 0 Å². The Bertz CT molecular complexity index is 2100. The van der Waals surface area contributed by atoms with Crippen LogP contribution in [0.2, 0.25) is 5.02 Å². The van der Waals surface area contributed by atoms with Crippen molar-refractivity contribution >= 4 is 45.7 Å². The van der Waals surface area contributed by atoms with E-state index < -0.39 is 81.1 Å². The van der Waals surface area contributed by atoms with E-state index in [4.69, 9.17) is 22.1 Å². The Labute approximate surface area is 317 Å². The molecule has 9 atom stereocenters. The molecule has 13 heteroatoms. The number of nitrogens with two attached hydrogens (primary N) is 1. The molecule has 8 rings (SSSR count). The van der Waals surface area contributed by atoms with Gasteiger partial charge in [0.25, 0.3) is 0 Å². The van der Waals surface area contributed by atoms with Crippen LogP contribution in [0.5, 0.6) is 0 Å². The van der Waals surface area contributed by atoms with E-state index >= 15 is 8.78 Å². The van der Waals surface area contributed by atoms with Crippen molar-refractivity contribution in [1.29, 1.82) is 0 Å². The quantitative estimate of drug-likeness (QED) is 0.323. The summed E-state index contributed by atoms with van der Waals surface area (Å²) < 4.78 is 40.6. The van der Waals surface area contributed by atoms with Crippen molar-refractivity contribution in [3.05, 3.63) is 62.7 Å². The maximum Gasteiger partial charge on any atom is 0.344 e. The lowest BCUT2D eigenvalue weighted by Gasteiger charge is -2.62. The molecular formula is C41H48ClF2N3O7. The van der Waals surface area contributed by atoms with Crippen LogP contribution in [-0.2, 0) is 14.3 Å². The van der Waals surface area contributed by atoms with Crippen molar-refractivity contribution < 1.29 is 38.1 Å². The average molecular weight is 768 g/mol. The number of hydrogen-bond acceptors (Lipinski definition) is 9. The number of fused-ring (bicyclic) bond motifs is 6. The highest BCUT2D eigenvalue weighted by Gasteiger charge is 2.75. The molecule has 5 fully saturated rings. The molecular weight excluding hydrogens is 720 g/mol. The highest BCUT2D eigenvalue weighted by atomic mass is 35.5. The van der Waals surface area contributed by atoms with Crippen LogP contribution in [0.1, 0.15) is 95.0 Å². The number of nitrogens with zero attached hydrogens (tertiary/aromatic N) is 2. The summed E-state index contributed by atoms with van der Waals surface area (Å²) in [5.74, 6) is -4.75. The van der Waals surface area contributed by atoms with Gasteiger partial charge in [0, 0.05) is 48.1 Å². The molecule has 1 aliphatic heterocycles. The number of anilines is 1. The fraction of sp³-hybridized carbons (Fsp3) is 0.610. The Morgan fingerprint density at radius 1 is 1.13 bits per heavy atom. The Balaban J connectivity index is 1.07. The predicted octanol–water partition coefficient (Wildman–Crippen LogP) is 5.52. The zero-order valence-electron chi connectivity index (χ0n) is 30.9. The molecule has 10 nitrogen and oxygen atoms in total. The summed E-state index contributed by atoms with van der Waals surface area (Å²) in [6, 6.07) is 0.857. The van der Waals surface area contributed by atoms with Crippen molar-refractivity contribution in [2.75, 3.05) is 24.6 Å². The van der Waals surface area contributed by atoms with Crippen molar-refractivity contribution in [3.8, 4) is 0 Å². The normalized spacial score (nSPS) is 37.6. The van der Waals surface area contributed by atoms with Crippen LogP contribution >= 0.6 is 11.6 Å². The number of Topliss-reactive ketones (excluding diaryl/α,β-unsaturated/α-hetero) is 1. The van der Waals surface area contributed by atoms with Crippen LogP contribution in [0, 0.1) is 34.4 Å². The number of aliphatic hydroxyl groups is 2. The van der Waals surface area contributed by atoms with E-state index in [1.807, 2.05) is 4.90 Å². The van der Waals surface area contributed by atoms with Gasteiger partial charge in [-0.3, -0.25) is 14.4 Å². The lowest BCUT2D eigenvalue weighted by atomic mass is 9.44. The maximum absolute atomic E-state index is 17.6. The van der Waals surface area contributed by atoms with Crippen LogP contribution in [0.25, 0.3) is 10.9 Å². The van der Waals surface area contributed by atoms with E-state index in [9.17, 15) is 29.4 Å². The molecule has 2 heterocycles. The molecule has 0 spiro atoms. The number of alkyl halides is 1. The van der Waals surface area contributed by atoms with E-state index in [-0.39, 0.29) is 40.4 Å². The predicted molar refractivity (Wildman–Crippen MR) is 199 cm³/mol. The van der Waals surface area contributed by atoms with Gasteiger partial charge in [0.15, 0.2) is 18.1 Å². The van der Waals surface area contributed by atoms with Gasteiger partial charge in [0.1, 0.15) is 17.0 Å². The van der Waals surface area contributed by atoms with Crippen molar-refractivity contribution in [2.45, 2.75) is 108 Å². The van der Waals surface area contributed by atoms with Gasteiger partial charge in [-0.1, -0.05) is 43.5 Å². The molecule has 290 valence electrons. The van der Waals surface area contributed by atoms with Crippen molar-refractivity contribution in [3.63, 3.8) is 0 Å². The molecule has 0 bridgehead atoms. The number of benzene rings is 1. The summed E-state index contributed by atoms with van der Waals surface area (Å²) in [4.78, 5) is 55.7. The summed E-state index contributed by atoms with van der Waals surface area (Å²) in [5.41, 5.74) is -0.548. The third kappa shape index (κ3) is 5.18. The second-order valence-corrected chi connectivity index (χ2v) is 17.7. The smallest absolute Gasteiger partial charge is 0.344 e. The molecule has 0 unspecified atom stereocenters. The zero-order valence-corrected chi connectivity index (χ0v) is 31.6. The molecule has 1 aromatic carbocycles. The minimum absolute atomic E-state index is 0.0672. The Morgan fingerprint density at radius 3 is 2.59 bits per heavy atom. The molecule has 0 radical (unpaired) electrons. The number of esters is 1. The molecule has 1 saturated heterocycles. The number of rotatable bonds is 6. The van der Waals surface area contributed by atoms with Crippen LogP contribution in [0.3, 0.4) is 0 Å². The van der Waals surface area contributed by atoms with E-state index in [0.29, 0.717) is 43.4 Å². The van der Waals surface area contributed by atoms with Crippen LogP contribution in [0.4, 0.5) is 14.5 Å². The van der Waals surface area contributed by atoms with Crippen LogP contribution in [-0.4, -0.2) is 75.4 Å². The third-order valence-electron chi connectivity index (χ3n) is 14.4. The lowest BCUT2D eigenvalue weighted by molar-refractivity contribution is -0.219. The first-order valence-corrected chi connectivity index (χ1v) is 19.7. The van der Waals surface area contributed by atoms with Crippen LogP contribution in [0.15, 0.2) is 40.9 Å². The number of allylic oxidation sites excluding steroid dienone is 4. The number of hydrogen-bond donors (Lipinski definition) is 3. The third-order valence-corrected chi connectivity index (χ3v) is 14.7. The first-order chi connectivity index (χ1) is 25.5. The lowest BCUT2D eigenvalue weighted by Crippen LogP contribution is -2.69. The van der Waals surface area contributed by atoms with Gasteiger partial charge in [-0.2, -0.15) is 0 Å². The summed E-state index contributed by atoms with van der Waals surface area (Å²) in [5, 5.41) is 24.0. The highest BCUT2D eigenvalue weighted by Crippen LogP contribution is 2.70. The largest absolute Gasteiger partial charge is 0.454 e. The number of halogens is 3. The summed E-state index contributed by atoms with van der Waals surface area (Å²) >= 11 is 6.91. The fourth-order valence-electron chi connectivity index (χ4n) is 11.3. The first-order valence-electron chi connectivity index (χ1n) is 19.3. The average Bonchev–Trinajstić information content (AvgIpc) is 3.96. The van der Waals surface area contributed by atoms with Gasteiger partial charge in [0.05, 0.1) is 27.7 Å². The van der Waals surface area contributed by atoms with Crippen LogP contribution < -0.4 is 16.1 Å². The molecule has 0 amide bonds. The Hall–Kier alpha value is -3.45. The van der Waals surface area contributed by atoms with E-state index in [0.717, 1.165) is 38.2 Å². The topological polar surface area (TPSA) is 152 Å². The summed E-state index contributed by atoms with van der Waals surface area (Å²) in [6.45, 7) is 5.19. The molecule has 4 N–H and O–H groups in total. The van der Waals surface area contributed by atoms with Gasteiger partial charge in [0.2, 0.25) is 11.2 Å². The standard InChI is InChI=1S/C41H48ClF2N3O7/c1-21-14-29-28-10-7-22-15-25(48)11-12-38(22,2)40(28,44)31(49)17-39(29,3)41(21,53)32(50)20-54-37(52)27-19-47(24-8-9-24)34-26(36(27)51)16-30(43)35(33(34)42)46-13-5-4-6-23(45)18-46/h11-12,15-16,19,21,23-24,28-29,31,49,53H,4-10,13-14,17-18,20,45H2,1-3H3/t21-,23+,28-,29-,31-,38-,39-,40-,41-/m1/s1.